The quantitative estimate of drug-likeness (QED) is 0.201. The van der Waals surface area contributed by atoms with Gasteiger partial charge in [0.1, 0.15) is 22.5 Å². The summed E-state index contributed by atoms with van der Waals surface area (Å²) >= 11 is 1.44. The predicted molar refractivity (Wildman–Crippen MR) is 133 cm³/mol. The number of fused-ring (bicyclic) bond motifs is 1. The maximum atomic E-state index is 14.6. The molecule has 11 heteroatoms. The van der Waals surface area contributed by atoms with E-state index in [1.165, 1.54) is 24.8 Å². The number of hydrogen-bond donors (Lipinski definition) is 1. The van der Waals surface area contributed by atoms with Crippen LogP contribution in [0.4, 0.5) is 22.0 Å². The number of benzene rings is 2. The highest BCUT2D eigenvalue weighted by molar-refractivity contribution is 7.98. The van der Waals surface area contributed by atoms with Gasteiger partial charge >= 0.3 is 6.18 Å². The van der Waals surface area contributed by atoms with Crippen molar-refractivity contribution in [2.75, 3.05) is 7.11 Å². The van der Waals surface area contributed by atoms with Gasteiger partial charge in [0.25, 0.3) is 0 Å². The molecule has 0 spiro atoms. The van der Waals surface area contributed by atoms with Gasteiger partial charge in [-0.15, -0.1) is 0 Å². The van der Waals surface area contributed by atoms with Gasteiger partial charge in [-0.25, -0.2) is 14.4 Å². The summed E-state index contributed by atoms with van der Waals surface area (Å²) in [6.07, 6.45) is -4.41. The highest BCUT2D eigenvalue weighted by Crippen LogP contribution is 2.59. The van der Waals surface area contributed by atoms with Crippen molar-refractivity contribution in [2.45, 2.75) is 48.4 Å². The summed E-state index contributed by atoms with van der Waals surface area (Å²) in [5.41, 5.74) is -0.393. The average Bonchev–Trinajstić information content (AvgIpc) is 3.44. The number of aromatic nitrogens is 3. The Bertz CT molecular complexity index is 1460. The van der Waals surface area contributed by atoms with Crippen LogP contribution in [0, 0.1) is 17.6 Å². The van der Waals surface area contributed by atoms with Crippen LogP contribution in [0.25, 0.3) is 11.0 Å². The van der Waals surface area contributed by atoms with E-state index in [1.807, 2.05) is 30.3 Å². The van der Waals surface area contributed by atoms with Crippen molar-refractivity contribution in [3.05, 3.63) is 83.3 Å². The van der Waals surface area contributed by atoms with Crippen LogP contribution < -0.4 is 4.74 Å². The van der Waals surface area contributed by atoms with Crippen molar-refractivity contribution in [1.29, 1.82) is 0 Å². The number of ether oxygens (including phenoxy) is 2. The molecule has 4 aromatic rings. The Hall–Kier alpha value is -3.18. The molecule has 1 saturated heterocycles. The maximum absolute atomic E-state index is 14.6. The second-order valence-electron chi connectivity index (χ2n) is 9.35. The third kappa shape index (κ3) is 4.41. The minimum atomic E-state index is -4.74. The standard InChI is InChI=1S/C27H24F5N3O2S/c1-14-19(16-9-10-17(28)20(29)22(16)36-3)23(37-26(14,2)27(30,31)32)24-34-18-11-12-33-25(21(18)35-24)38-13-15-7-5-4-6-8-15/h4-12,14,19,23H,13H2,1-3H3,(H,34,35)/t14?,19?,23?,26-/m1/s1. The molecule has 4 atom stereocenters. The molecule has 2 aromatic heterocycles. The number of alkyl halides is 3. The monoisotopic (exact) mass is 549 g/mol. The largest absolute Gasteiger partial charge is 0.493 e. The first-order valence-electron chi connectivity index (χ1n) is 11.8. The van der Waals surface area contributed by atoms with Crippen LogP contribution in [0.2, 0.25) is 0 Å². The Morgan fingerprint density at radius 2 is 1.84 bits per heavy atom. The van der Waals surface area contributed by atoms with Gasteiger partial charge in [0.2, 0.25) is 5.82 Å². The molecule has 3 unspecified atom stereocenters. The van der Waals surface area contributed by atoms with Gasteiger partial charge in [0.15, 0.2) is 17.2 Å². The normalized spacial score (nSPS) is 23.7. The van der Waals surface area contributed by atoms with Crippen LogP contribution in [-0.4, -0.2) is 33.8 Å². The Morgan fingerprint density at radius 1 is 1.11 bits per heavy atom. The van der Waals surface area contributed by atoms with Gasteiger partial charge in [-0.3, -0.25) is 0 Å². The van der Waals surface area contributed by atoms with Crippen molar-refractivity contribution in [1.82, 2.24) is 15.0 Å². The number of rotatable bonds is 6. The van der Waals surface area contributed by atoms with Crippen molar-refractivity contribution >= 4 is 22.8 Å². The van der Waals surface area contributed by atoms with Gasteiger partial charge in [-0.1, -0.05) is 55.1 Å². The molecule has 2 aromatic carbocycles. The molecule has 0 radical (unpaired) electrons. The fraction of sp³-hybridized carbons (Fsp3) is 0.333. The molecule has 0 bridgehead atoms. The smallest absolute Gasteiger partial charge is 0.417 e. The number of pyridine rings is 1. The fourth-order valence-electron chi connectivity index (χ4n) is 4.95. The van der Waals surface area contributed by atoms with E-state index < -0.39 is 47.1 Å². The highest BCUT2D eigenvalue weighted by atomic mass is 32.2. The van der Waals surface area contributed by atoms with E-state index in [1.54, 1.807) is 12.3 Å². The first-order valence-corrected chi connectivity index (χ1v) is 12.8. The van der Waals surface area contributed by atoms with Crippen LogP contribution in [0.15, 0.2) is 59.8 Å². The Morgan fingerprint density at radius 3 is 2.53 bits per heavy atom. The summed E-state index contributed by atoms with van der Waals surface area (Å²) < 4.78 is 82.4. The molecule has 1 aliphatic heterocycles. The minimum absolute atomic E-state index is 0.0640. The highest BCUT2D eigenvalue weighted by Gasteiger charge is 2.65. The fourth-order valence-corrected chi connectivity index (χ4v) is 5.87. The molecule has 38 heavy (non-hydrogen) atoms. The van der Waals surface area contributed by atoms with Gasteiger partial charge < -0.3 is 14.5 Å². The number of hydrogen-bond acceptors (Lipinski definition) is 5. The van der Waals surface area contributed by atoms with Gasteiger partial charge in [0, 0.05) is 29.3 Å². The first kappa shape index (κ1) is 26.4. The Kier molecular flexibility index (Phi) is 6.85. The number of nitrogens with zero attached hydrogens (tertiary/aromatic N) is 2. The zero-order valence-electron chi connectivity index (χ0n) is 20.6. The molecule has 0 aliphatic carbocycles. The van der Waals surface area contributed by atoms with Gasteiger partial charge in [-0.05, 0) is 24.6 Å². The van der Waals surface area contributed by atoms with Crippen LogP contribution in [0.3, 0.4) is 0 Å². The number of imidazole rings is 1. The molecule has 0 amide bonds. The van der Waals surface area contributed by atoms with Gasteiger partial charge in [0.05, 0.1) is 12.6 Å². The number of halogens is 5. The number of thioether (sulfide) groups is 1. The molecule has 1 fully saturated rings. The lowest BCUT2D eigenvalue weighted by Gasteiger charge is -2.32. The number of methoxy groups -OCH3 is 1. The molecule has 0 saturated carbocycles. The molecular formula is C27H24F5N3O2S. The molecule has 1 N–H and O–H groups in total. The molecule has 1 aliphatic rings. The molecule has 200 valence electrons. The number of aromatic amines is 1. The zero-order chi connectivity index (χ0) is 27.2. The van der Waals surface area contributed by atoms with Crippen LogP contribution in [0.5, 0.6) is 5.75 Å². The Labute approximate surface area is 219 Å². The predicted octanol–water partition coefficient (Wildman–Crippen LogP) is 7.35. The van der Waals surface area contributed by atoms with E-state index in [9.17, 15) is 22.0 Å². The molecular weight excluding hydrogens is 525 g/mol. The summed E-state index contributed by atoms with van der Waals surface area (Å²) in [6.45, 7) is 2.34. The second-order valence-corrected chi connectivity index (χ2v) is 10.3. The second kappa shape index (κ2) is 9.85. The molecule has 5 nitrogen and oxygen atoms in total. The SMILES string of the molecule is COc1c(C2C(c3nc4c(SCc5ccccc5)nccc4[nH]3)O[C@@](C)(C(F)(F)F)C2C)ccc(F)c1F. The van der Waals surface area contributed by atoms with Crippen LogP contribution in [0.1, 0.15) is 42.8 Å². The Balaban J connectivity index is 1.59. The van der Waals surface area contributed by atoms with Crippen molar-refractivity contribution in [3.8, 4) is 5.75 Å². The van der Waals surface area contributed by atoms with Crippen molar-refractivity contribution in [3.63, 3.8) is 0 Å². The third-order valence-corrected chi connectivity index (χ3v) is 8.24. The first-order chi connectivity index (χ1) is 18.0. The van der Waals surface area contributed by atoms with E-state index in [4.69, 9.17) is 9.47 Å². The van der Waals surface area contributed by atoms with E-state index >= 15 is 0 Å². The van der Waals surface area contributed by atoms with E-state index in [-0.39, 0.29) is 11.4 Å². The van der Waals surface area contributed by atoms with E-state index in [0.717, 1.165) is 25.7 Å². The average molecular weight is 550 g/mol. The van der Waals surface area contributed by atoms with E-state index in [2.05, 4.69) is 15.0 Å². The lowest BCUT2D eigenvalue weighted by Crippen LogP contribution is -2.46. The van der Waals surface area contributed by atoms with Crippen LogP contribution in [-0.2, 0) is 10.5 Å². The lowest BCUT2D eigenvalue weighted by atomic mass is 9.77. The maximum Gasteiger partial charge on any atom is 0.417 e. The molecule has 3 heterocycles. The van der Waals surface area contributed by atoms with Crippen molar-refractivity contribution < 1.29 is 31.4 Å². The van der Waals surface area contributed by atoms with Crippen LogP contribution >= 0.6 is 11.8 Å². The number of H-pyrrole nitrogens is 1. The zero-order valence-corrected chi connectivity index (χ0v) is 21.5. The third-order valence-electron chi connectivity index (χ3n) is 7.19. The minimum Gasteiger partial charge on any atom is -0.493 e. The summed E-state index contributed by atoms with van der Waals surface area (Å²) in [5, 5.41) is 0.598. The van der Waals surface area contributed by atoms with Crippen molar-refractivity contribution in [2.24, 2.45) is 5.92 Å². The topological polar surface area (TPSA) is 60.0 Å². The summed E-state index contributed by atoms with van der Waals surface area (Å²) in [5.74, 6) is -4.39. The molecule has 5 rings (SSSR count). The summed E-state index contributed by atoms with van der Waals surface area (Å²) in [4.78, 5) is 12.1. The summed E-state index contributed by atoms with van der Waals surface area (Å²) in [7, 11) is 1.14. The lowest BCUT2D eigenvalue weighted by molar-refractivity contribution is -0.275. The number of nitrogens with one attached hydrogen (secondary N) is 1. The van der Waals surface area contributed by atoms with E-state index in [0.29, 0.717) is 21.8 Å². The summed E-state index contributed by atoms with van der Waals surface area (Å²) in [6, 6.07) is 13.5. The van der Waals surface area contributed by atoms with Gasteiger partial charge in [-0.2, -0.15) is 17.6 Å².